The fraction of sp³-hybridized carbons (Fsp3) is 0.400. The van der Waals surface area contributed by atoms with Crippen molar-refractivity contribution >= 4 is 17.3 Å². The van der Waals surface area contributed by atoms with Crippen LogP contribution in [0, 0.1) is 0 Å². The van der Waals surface area contributed by atoms with Crippen molar-refractivity contribution in [2.45, 2.75) is 33.1 Å². The number of carbonyl (C=O) groups is 1. The van der Waals surface area contributed by atoms with Crippen LogP contribution in [0.25, 0.3) is 0 Å². The molecule has 6 heteroatoms. The number of hydrogen-bond donors (Lipinski definition) is 0. The van der Waals surface area contributed by atoms with E-state index in [0.29, 0.717) is 17.6 Å². The molecule has 0 aliphatic heterocycles. The number of unbranched alkanes of at least 4 members (excludes halogenated alkanes) is 1. The molecule has 0 saturated carbocycles. The molecule has 0 spiro atoms. The van der Waals surface area contributed by atoms with Crippen LogP contribution in [0.2, 0.25) is 0 Å². The maximum atomic E-state index is 11.5. The highest BCUT2D eigenvalue weighted by Gasteiger charge is 2.14. The molecule has 0 atom stereocenters. The van der Waals surface area contributed by atoms with Crippen molar-refractivity contribution in [1.29, 1.82) is 0 Å². The van der Waals surface area contributed by atoms with Crippen LogP contribution in [0.3, 0.4) is 0 Å². The quantitative estimate of drug-likeness (QED) is 0.727. The number of esters is 1. The standard InChI is InChI=1S/C15H18N2O3S/c1-3-5-6-11-7-9-12(10-8-11)20-15-17-16-13(21-15)14(18)19-4-2/h7-10H,3-6H2,1-2H3. The number of hydrogen-bond acceptors (Lipinski definition) is 6. The Bertz CT molecular complexity index is 581. The Morgan fingerprint density at radius 3 is 2.62 bits per heavy atom. The minimum atomic E-state index is -0.472. The van der Waals surface area contributed by atoms with E-state index in [4.69, 9.17) is 9.47 Å². The number of rotatable bonds is 7. The third kappa shape index (κ3) is 4.53. The largest absolute Gasteiger partial charge is 0.461 e. The van der Waals surface area contributed by atoms with Crippen LogP contribution in [0.4, 0.5) is 0 Å². The van der Waals surface area contributed by atoms with Crippen LogP contribution in [-0.4, -0.2) is 22.8 Å². The summed E-state index contributed by atoms with van der Waals surface area (Å²) in [6.45, 7) is 4.23. The molecule has 1 heterocycles. The lowest BCUT2D eigenvalue weighted by Crippen LogP contribution is -2.03. The summed E-state index contributed by atoms with van der Waals surface area (Å²) in [6.07, 6.45) is 3.43. The van der Waals surface area contributed by atoms with E-state index in [1.165, 1.54) is 18.4 Å². The Labute approximate surface area is 127 Å². The monoisotopic (exact) mass is 306 g/mol. The van der Waals surface area contributed by atoms with E-state index in [1.54, 1.807) is 6.92 Å². The van der Waals surface area contributed by atoms with Crippen molar-refractivity contribution in [2.75, 3.05) is 6.61 Å². The van der Waals surface area contributed by atoms with Gasteiger partial charge in [-0.25, -0.2) is 4.79 Å². The van der Waals surface area contributed by atoms with E-state index in [1.807, 2.05) is 24.3 Å². The van der Waals surface area contributed by atoms with E-state index in [9.17, 15) is 4.79 Å². The maximum Gasteiger partial charge on any atom is 0.369 e. The molecule has 0 unspecified atom stereocenters. The Morgan fingerprint density at radius 2 is 1.95 bits per heavy atom. The summed E-state index contributed by atoms with van der Waals surface area (Å²) in [5, 5.41) is 8.12. The molecule has 0 radical (unpaired) electrons. The molecule has 1 aromatic carbocycles. The predicted molar refractivity (Wildman–Crippen MR) is 81.0 cm³/mol. The average Bonchev–Trinajstić information content (AvgIpc) is 2.95. The van der Waals surface area contributed by atoms with Crippen molar-refractivity contribution < 1.29 is 14.3 Å². The molecule has 1 aromatic heterocycles. The summed E-state index contributed by atoms with van der Waals surface area (Å²) in [6, 6.07) is 7.88. The molecule has 0 amide bonds. The first kappa shape index (κ1) is 15.4. The molecular weight excluding hydrogens is 288 g/mol. The van der Waals surface area contributed by atoms with Crippen molar-refractivity contribution in [3.8, 4) is 10.9 Å². The second kappa shape index (κ2) is 7.73. The van der Waals surface area contributed by atoms with Gasteiger partial charge in [-0.3, -0.25) is 0 Å². The molecule has 112 valence electrons. The molecule has 0 aliphatic carbocycles. The summed E-state index contributed by atoms with van der Waals surface area (Å²) in [5.41, 5.74) is 1.29. The smallest absolute Gasteiger partial charge is 0.369 e. The molecule has 0 bridgehead atoms. The van der Waals surface area contributed by atoms with Crippen LogP contribution in [0.5, 0.6) is 10.9 Å². The lowest BCUT2D eigenvalue weighted by Gasteiger charge is -2.03. The fourth-order valence-corrected chi connectivity index (χ4v) is 2.34. The number of benzene rings is 1. The second-order valence-electron chi connectivity index (χ2n) is 4.44. The van der Waals surface area contributed by atoms with Gasteiger partial charge in [0, 0.05) is 0 Å². The van der Waals surface area contributed by atoms with Gasteiger partial charge in [-0.15, -0.1) is 5.10 Å². The van der Waals surface area contributed by atoms with Gasteiger partial charge in [0.25, 0.3) is 5.19 Å². The highest BCUT2D eigenvalue weighted by atomic mass is 32.1. The number of ether oxygens (including phenoxy) is 2. The lowest BCUT2D eigenvalue weighted by atomic mass is 10.1. The number of nitrogens with zero attached hydrogens (tertiary/aromatic N) is 2. The second-order valence-corrected chi connectivity index (χ2v) is 5.38. The van der Waals surface area contributed by atoms with Crippen LogP contribution >= 0.6 is 11.3 Å². The van der Waals surface area contributed by atoms with E-state index in [2.05, 4.69) is 17.1 Å². The van der Waals surface area contributed by atoms with E-state index in [0.717, 1.165) is 17.8 Å². The van der Waals surface area contributed by atoms with Crippen LogP contribution in [0.15, 0.2) is 24.3 Å². The van der Waals surface area contributed by atoms with Crippen molar-refractivity contribution in [3.05, 3.63) is 34.8 Å². The minimum Gasteiger partial charge on any atom is -0.461 e. The normalized spacial score (nSPS) is 10.4. The molecule has 0 aliphatic rings. The summed E-state index contributed by atoms with van der Waals surface area (Å²) in [7, 11) is 0. The van der Waals surface area contributed by atoms with Gasteiger partial charge in [0.2, 0.25) is 5.01 Å². The van der Waals surface area contributed by atoms with Gasteiger partial charge in [-0.1, -0.05) is 30.6 Å². The lowest BCUT2D eigenvalue weighted by molar-refractivity contribution is 0.0525. The molecular formula is C15H18N2O3S. The first-order valence-corrected chi connectivity index (χ1v) is 7.82. The maximum absolute atomic E-state index is 11.5. The number of aromatic nitrogens is 2. The molecule has 0 saturated heterocycles. The van der Waals surface area contributed by atoms with Crippen LogP contribution < -0.4 is 4.74 Å². The predicted octanol–water partition coefficient (Wildman–Crippen LogP) is 3.85. The fourth-order valence-electron chi connectivity index (χ4n) is 1.73. The van der Waals surface area contributed by atoms with E-state index >= 15 is 0 Å². The topological polar surface area (TPSA) is 61.3 Å². The SMILES string of the molecule is CCCCc1ccc(Oc2nnc(C(=O)OCC)s2)cc1. The van der Waals surface area contributed by atoms with Crippen LogP contribution in [-0.2, 0) is 11.2 Å². The molecule has 0 fully saturated rings. The van der Waals surface area contributed by atoms with E-state index in [-0.39, 0.29) is 5.01 Å². The number of carbonyl (C=O) groups excluding carboxylic acids is 1. The third-order valence-corrected chi connectivity index (χ3v) is 3.59. The number of aryl methyl sites for hydroxylation is 1. The summed E-state index contributed by atoms with van der Waals surface area (Å²) >= 11 is 1.07. The van der Waals surface area contributed by atoms with Gasteiger partial charge in [0.15, 0.2) is 0 Å². The van der Waals surface area contributed by atoms with Gasteiger partial charge in [0.1, 0.15) is 5.75 Å². The Balaban J connectivity index is 1.96. The Morgan fingerprint density at radius 1 is 1.19 bits per heavy atom. The highest BCUT2D eigenvalue weighted by molar-refractivity contribution is 7.14. The minimum absolute atomic E-state index is 0.200. The summed E-state index contributed by atoms with van der Waals surface area (Å²) < 4.78 is 10.4. The van der Waals surface area contributed by atoms with Crippen molar-refractivity contribution in [1.82, 2.24) is 10.2 Å². The van der Waals surface area contributed by atoms with Gasteiger partial charge < -0.3 is 9.47 Å². The molecule has 2 aromatic rings. The van der Waals surface area contributed by atoms with Crippen molar-refractivity contribution in [3.63, 3.8) is 0 Å². The summed E-state index contributed by atoms with van der Waals surface area (Å²) in [4.78, 5) is 11.5. The van der Waals surface area contributed by atoms with Gasteiger partial charge in [-0.2, -0.15) is 0 Å². The average molecular weight is 306 g/mol. The molecule has 21 heavy (non-hydrogen) atoms. The Kier molecular flexibility index (Phi) is 5.68. The van der Waals surface area contributed by atoms with Gasteiger partial charge in [-0.05, 0) is 48.8 Å². The van der Waals surface area contributed by atoms with Gasteiger partial charge in [0.05, 0.1) is 6.61 Å². The highest BCUT2D eigenvalue weighted by Crippen LogP contribution is 2.25. The van der Waals surface area contributed by atoms with Crippen LogP contribution in [0.1, 0.15) is 42.1 Å². The molecule has 2 rings (SSSR count). The first-order chi connectivity index (χ1) is 10.2. The zero-order chi connectivity index (χ0) is 15.1. The van der Waals surface area contributed by atoms with E-state index < -0.39 is 5.97 Å². The summed E-state index contributed by atoms with van der Waals surface area (Å²) in [5.74, 6) is 0.210. The third-order valence-electron chi connectivity index (χ3n) is 2.80. The van der Waals surface area contributed by atoms with Gasteiger partial charge >= 0.3 is 5.97 Å². The van der Waals surface area contributed by atoms with Crippen molar-refractivity contribution in [2.24, 2.45) is 0 Å². The molecule has 5 nitrogen and oxygen atoms in total. The Hall–Kier alpha value is -1.95. The first-order valence-electron chi connectivity index (χ1n) is 7.00. The molecule has 0 N–H and O–H groups in total. The zero-order valence-corrected chi connectivity index (χ0v) is 13.0. The zero-order valence-electron chi connectivity index (χ0n) is 12.2.